The molecular weight excluding hydrogens is 475 g/mol. The molecule has 1 aliphatic heterocycles. The number of hydrogen-bond acceptors (Lipinski definition) is 5. The summed E-state index contributed by atoms with van der Waals surface area (Å²) in [7, 11) is 0. The summed E-state index contributed by atoms with van der Waals surface area (Å²) < 4.78 is 19.5. The number of allylic oxidation sites excluding steroid dienone is 3. The first-order chi connectivity index (χ1) is 17.6. The molecule has 0 bridgehead atoms. The molecule has 0 saturated carbocycles. The third kappa shape index (κ3) is 7.22. The van der Waals surface area contributed by atoms with E-state index in [2.05, 4.69) is 31.8 Å². The number of carbonyl (C=O) groups excluding carboxylic acids is 2. The predicted octanol–water partition coefficient (Wildman–Crippen LogP) is 5.98. The predicted molar refractivity (Wildman–Crippen MR) is 141 cm³/mol. The molecule has 2 aliphatic rings. The van der Waals surface area contributed by atoms with Crippen LogP contribution in [0.1, 0.15) is 82.8 Å². The summed E-state index contributed by atoms with van der Waals surface area (Å²) in [5.41, 5.74) is 3.71. The molecule has 7 nitrogen and oxygen atoms in total. The number of urea groups is 1. The number of hydrogen-bond donors (Lipinski definition) is 3. The summed E-state index contributed by atoms with van der Waals surface area (Å²) in [5.74, 6) is -1.01. The Morgan fingerprint density at radius 1 is 1.30 bits per heavy atom. The Hall–Kier alpha value is -3.13. The summed E-state index contributed by atoms with van der Waals surface area (Å²) in [5, 5.41) is 23.3. The van der Waals surface area contributed by atoms with Crippen molar-refractivity contribution in [3.8, 4) is 11.5 Å². The number of esters is 1. The smallest absolute Gasteiger partial charge is 0.323 e. The van der Waals surface area contributed by atoms with E-state index in [1.807, 2.05) is 13.0 Å². The van der Waals surface area contributed by atoms with Crippen molar-refractivity contribution in [3.63, 3.8) is 0 Å². The van der Waals surface area contributed by atoms with E-state index in [0.29, 0.717) is 11.3 Å². The summed E-state index contributed by atoms with van der Waals surface area (Å²) in [6.45, 7) is 10.3. The topological polar surface area (TPSA) is 99.1 Å². The van der Waals surface area contributed by atoms with E-state index in [0.717, 1.165) is 60.8 Å². The second kappa shape index (κ2) is 12.9. The fourth-order valence-corrected chi connectivity index (χ4v) is 5.06. The fraction of sp³-hybridized carbons (Fsp3) is 0.517. The molecule has 1 aromatic carbocycles. The third-order valence-electron chi connectivity index (χ3n) is 7.10. The van der Waals surface area contributed by atoms with Crippen LogP contribution < -0.4 is 10.1 Å². The van der Waals surface area contributed by atoms with Crippen molar-refractivity contribution in [2.24, 2.45) is 5.92 Å². The van der Waals surface area contributed by atoms with Crippen LogP contribution in [0.25, 0.3) is 0 Å². The van der Waals surface area contributed by atoms with Crippen molar-refractivity contribution < 1.29 is 28.9 Å². The van der Waals surface area contributed by atoms with E-state index in [1.165, 1.54) is 5.57 Å². The maximum atomic E-state index is 13.6. The number of halogens is 1. The Labute approximate surface area is 218 Å². The zero-order valence-corrected chi connectivity index (χ0v) is 22.1. The lowest BCUT2D eigenvalue weighted by molar-refractivity contribution is -0.134. The molecule has 1 unspecified atom stereocenters. The number of ether oxygens (including phenoxy) is 1. The number of aliphatic hydroxyl groups is 1. The standard InChI is InChI=1S/C29H39FN2O5/c1-5-6-7-9-20-15-24(33)27(22-14-19(4)11-12-21(22)18(2)3)25(16-20)37-26(34)10-8-13-32-28(35)23(30)17-31-29(32)36/h14-17,21-22,28,33,35H,2,5-13H2,1,3-4H3,(H,31,36)/t21-,22+,28?/m0/s1. The normalized spacial score (nSPS) is 21.7. The Kier molecular flexibility index (Phi) is 9.92. The third-order valence-corrected chi connectivity index (χ3v) is 7.10. The maximum Gasteiger partial charge on any atom is 0.323 e. The Bertz CT molecular complexity index is 1080. The lowest BCUT2D eigenvalue weighted by Crippen LogP contribution is -2.49. The van der Waals surface area contributed by atoms with Gasteiger partial charge in [0.2, 0.25) is 0 Å². The van der Waals surface area contributed by atoms with Gasteiger partial charge in [-0.2, -0.15) is 0 Å². The first-order valence-corrected chi connectivity index (χ1v) is 13.1. The van der Waals surface area contributed by atoms with Crippen molar-refractivity contribution in [2.75, 3.05) is 6.54 Å². The minimum absolute atomic E-state index is 0.0270. The lowest BCUT2D eigenvalue weighted by Gasteiger charge is -2.32. The SMILES string of the molecule is C=C(C)[C@@H]1CCC(C)=C[C@H]1c1c(O)cc(CCCCC)cc1OC(=O)CCCN1C(=O)NC=C(F)C1O. The Morgan fingerprint density at radius 2 is 2.05 bits per heavy atom. The molecule has 0 fully saturated rings. The van der Waals surface area contributed by atoms with Crippen molar-refractivity contribution in [3.05, 3.63) is 59.1 Å². The molecule has 0 radical (unpaired) electrons. The number of amides is 2. The number of phenolic OH excluding ortho intramolecular Hbond substituents is 1. The highest BCUT2D eigenvalue weighted by atomic mass is 19.1. The minimum atomic E-state index is -1.67. The number of aryl methyl sites for hydroxylation is 1. The molecule has 0 spiro atoms. The van der Waals surface area contributed by atoms with Gasteiger partial charge in [0.15, 0.2) is 12.1 Å². The van der Waals surface area contributed by atoms with E-state index in [9.17, 15) is 24.2 Å². The molecule has 202 valence electrons. The number of aliphatic hydroxyl groups excluding tert-OH is 1. The van der Waals surface area contributed by atoms with Gasteiger partial charge in [-0.05, 0) is 69.6 Å². The quantitative estimate of drug-likeness (QED) is 0.146. The van der Waals surface area contributed by atoms with Crippen LogP contribution in [-0.2, 0) is 11.2 Å². The van der Waals surface area contributed by atoms with Gasteiger partial charge >= 0.3 is 12.0 Å². The highest BCUT2D eigenvalue weighted by Gasteiger charge is 2.32. The molecule has 2 amide bonds. The molecule has 1 aliphatic carbocycles. The molecule has 37 heavy (non-hydrogen) atoms. The fourth-order valence-electron chi connectivity index (χ4n) is 5.06. The largest absolute Gasteiger partial charge is 0.507 e. The first kappa shape index (κ1) is 28.4. The van der Waals surface area contributed by atoms with Crippen molar-refractivity contribution in [1.82, 2.24) is 10.2 Å². The van der Waals surface area contributed by atoms with Crippen LogP contribution in [0.4, 0.5) is 9.18 Å². The highest BCUT2D eigenvalue weighted by molar-refractivity contribution is 5.77. The Morgan fingerprint density at radius 3 is 2.76 bits per heavy atom. The zero-order chi connectivity index (χ0) is 27.1. The molecule has 1 heterocycles. The maximum absolute atomic E-state index is 13.6. The monoisotopic (exact) mass is 514 g/mol. The molecule has 1 aromatic rings. The summed E-state index contributed by atoms with van der Waals surface area (Å²) in [6, 6.07) is 2.98. The lowest BCUT2D eigenvalue weighted by atomic mass is 9.73. The van der Waals surface area contributed by atoms with Crippen LogP contribution >= 0.6 is 0 Å². The molecule has 8 heteroatoms. The van der Waals surface area contributed by atoms with Gasteiger partial charge in [0.25, 0.3) is 0 Å². The summed E-state index contributed by atoms with van der Waals surface area (Å²) in [6.07, 6.45) is 7.10. The van der Waals surface area contributed by atoms with E-state index in [4.69, 9.17) is 4.74 Å². The number of phenols is 1. The summed E-state index contributed by atoms with van der Waals surface area (Å²) in [4.78, 5) is 25.7. The van der Waals surface area contributed by atoms with Gasteiger partial charge in [-0.1, -0.05) is 43.6 Å². The van der Waals surface area contributed by atoms with Gasteiger partial charge in [0.1, 0.15) is 11.5 Å². The van der Waals surface area contributed by atoms with Crippen molar-refractivity contribution >= 4 is 12.0 Å². The van der Waals surface area contributed by atoms with E-state index in [-0.39, 0.29) is 37.0 Å². The first-order valence-electron chi connectivity index (χ1n) is 13.1. The molecule has 0 aromatic heterocycles. The van der Waals surface area contributed by atoms with Crippen LogP contribution in [-0.4, -0.2) is 39.9 Å². The van der Waals surface area contributed by atoms with Crippen LogP contribution in [0.15, 0.2) is 48.0 Å². The van der Waals surface area contributed by atoms with Crippen molar-refractivity contribution in [1.29, 1.82) is 0 Å². The number of benzene rings is 1. The molecule has 3 atom stereocenters. The molecule has 3 N–H and O–H groups in total. The molecular formula is C29H39FN2O5. The summed E-state index contributed by atoms with van der Waals surface area (Å²) >= 11 is 0. The van der Waals surface area contributed by atoms with E-state index < -0.39 is 24.1 Å². The van der Waals surface area contributed by atoms with E-state index in [1.54, 1.807) is 6.07 Å². The average molecular weight is 515 g/mol. The van der Waals surface area contributed by atoms with Crippen LogP contribution in [0.2, 0.25) is 0 Å². The Balaban J connectivity index is 1.81. The molecule has 0 saturated heterocycles. The van der Waals surface area contributed by atoms with Gasteiger partial charge < -0.3 is 20.3 Å². The number of unbranched alkanes of at least 4 members (excludes halogenated alkanes) is 2. The minimum Gasteiger partial charge on any atom is -0.507 e. The van der Waals surface area contributed by atoms with E-state index >= 15 is 0 Å². The van der Waals surface area contributed by atoms with Crippen molar-refractivity contribution in [2.45, 2.75) is 84.3 Å². The van der Waals surface area contributed by atoms with Crippen LogP contribution in [0.5, 0.6) is 11.5 Å². The number of nitrogens with one attached hydrogen (secondary N) is 1. The van der Waals surface area contributed by atoms with Gasteiger partial charge in [0.05, 0.1) is 0 Å². The van der Waals surface area contributed by atoms with Gasteiger partial charge in [-0.15, -0.1) is 0 Å². The molecule has 3 rings (SSSR count). The van der Waals surface area contributed by atoms with Crippen LogP contribution in [0, 0.1) is 5.92 Å². The van der Waals surface area contributed by atoms with Gasteiger partial charge in [0, 0.05) is 30.6 Å². The van der Waals surface area contributed by atoms with Gasteiger partial charge in [-0.25, -0.2) is 9.18 Å². The average Bonchev–Trinajstić information content (AvgIpc) is 2.83. The number of nitrogens with zero attached hydrogens (tertiary/aromatic N) is 1. The highest BCUT2D eigenvalue weighted by Crippen LogP contribution is 2.47. The zero-order valence-electron chi connectivity index (χ0n) is 22.1. The second-order valence-electron chi connectivity index (χ2n) is 10.1. The number of rotatable bonds is 11. The van der Waals surface area contributed by atoms with Crippen LogP contribution in [0.3, 0.4) is 0 Å². The van der Waals surface area contributed by atoms with Gasteiger partial charge in [-0.3, -0.25) is 9.69 Å². The second-order valence-corrected chi connectivity index (χ2v) is 10.1. The number of carbonyl (C=O) groups is 2. The number of aromatic hydroxyl groups is 1.